The molecule has 3 heteroatoms. The first-order valence-electron chi connectivity index (χ1n) is 4.27. The molecule has 2 atom stereocenters. The van der Waals surface area contributed by atoms with E-state index in [4.69, 9.17) is 5.84 Å². The number of nitrogens with zero attached hydrogens (tertiary/aromatic N) is 2. The molecule has 0 bridgehead atoms. The van der Waals surface area contributed by atoms with Gasteiger partial charge in [-0.3, -0.25) is 5.84 Å². The second kappa shape index (κ2) is 3.52. The average molecular weight is 157 g/mol. The van der Waals surface area contributed by atoms with Gasteiger partial charge in [0.15, 0.2) is 0 Å². The van der Waals surface area contributed by atoms with Crippen LogP contribution >= 0.6 is 0 Å². The molecule has 1 aliphatic heterocycles. The normalized spacial score (nSPS) is 34.6. The highest BCUT2D eigenvalue weighted by Gasteiger charge is 2.25. The van der Waals surface area contributed by atoms with Crippen LogP contribution in [0.25, 0.3) is 0 Å². The third-order valence-corrected chi connectivity index (χ3v) is 2.55. The molecule has 2 unspecified atom stereocenters. The van der Waals surface area contributed by atoms with Crippen LogP contribution in [-0.2, 0) is 0 Å². The predicted octanol–water partition coefficient (Wildman–Crippen LogP) is 0.132. The molecule has 1 heterocycles. The van der Waals surface area contributed by atoms with Crippen LogP contribution in [0.4, 0.5) is 0 Å². The number of piperidine rings is 1. The Labute approximate surface area is 69.1 Å². The molecule has 1 rings (SSSR count). The maximum Gasteiger partial charge on any atom is 0.0169 e. The fourth-order valence-corrected chi connectivity index (χ4v) is 1.93. The smallest absolute Gasteiger partial charge is 0.0169 e. The first kappa shape index (κ1) is 8.97. The lowest BCUT2D eigenvalue weighted by atomic mass is 9.94. The van der Waals surface area contributed by atoms with Crippen molar-refractivity contribution in [3.63, 3.8) is 0 Å². The summed E-state index contributed by atoms with van der Waals surface area (Å²) in [5.74, 6) is 6.40. The lowest BCUT2D eigenvalue weighted by Crippen LogP contribution is -2.50. The highest BCUT2D eigenvalue weighted by molar-refractivity contribution is 4.80. The second-order valence-corrected chi connectivity index (χ2v) is 3.79. The molecule has 66 valence electrons. The standard InChI is InChI=1S/C8H19N3/c1-7-6-11(9)5-4-8(7)10(2)3/h7-8H,4-6,9H2,1-3H3. The fraction of sp³-hybridized carbons (Fsp3) is 1.00. The van der Waals surface area contributed by atoms with Gasteiger partial charge in [0.1, 0.15) is 0 Å². The van der Waals surface area contributed by atoms with Gasteiger partial charge in [0, 0.05) is 19.1 Å². The summed E-state index contributed by atoms with van der Waals surface area (Å²) in [6.45, 7) is 4.33. The molecule has 0 spiro atoms. The highest BCUT2D eigenvalue weighted by Crippen LogP contribution is 2.17. The monoisotopic (exact) mass is 157 g/mol. The van der Waals surface area contributed by atoms with Gasteiger partial charge in [-0.1, -0.05) is 6.92 Å². The lowest BCUT2D eigenvalue weighted by molar-refractivity contribution is 0.0949. The van der Waals surface area contributed by atoms with E-state index in [2.05, 4.69) is 25.9 Å². The summed E-state index contributed by atoms with van der Waals surface area (Å²) >= 11 is 0. The second-order valence-electron chi connectivity index (χ2n) is 3.79. The van der Waals surface area contributed by atoms with Crippen molar-refractivity contribution in [2.75, 3.05) is 27.2 Å². The Morgan fingerprint density at radius 3 is 2.55 bits per heavy atom. The van der Waals surface area contributed by atoms with Gasteiger partial charge in [-0.2, -0.15) is 0 Å². The third-order valence-electron chi connectivity index (χ3n) is 2.55. The van der Waals surface area contributed by atoms with Crippen LogP contribution < -0.4 is 5.84 Å². The Kier molecular flexibility index (Phi) is 2.87. The van der Waals surface area contributed by atoms with Gasteiger partial charge >= 0.3 is 0 Å². The minimum atomic E-state index is 0.698. The Balaban J connectivity index is 2.44. The predicted molar refractivity (Wildman–Crippen MR) is 47.0 cm³/mol. The molecule has 0 amide bonds. The van der Waals surface area contributed by atoms with Crippen LogP contribution in [0.1, 0.15) is 13.3 Å². The number of rotatable bonds is 1. The van der Waals surface area contributed by atoms with Gasteiger partial charge in [-0.25, -0.2) is 5.01 Å². The topological polar surface area (TPSA) is 32.5 Å². The molecule has 2 N–H and O–H groups in total. The van der Waals surface area contributed by atoms with Crippen LogP contribution in [-0.4, -0.2) is 43.1 Å². The van der Waals surface area contributed by atoms with Crippen molar-refractivity contribution in [2.45, 2.75) is 19.4 Å². The first-order chi connectivity index (χ1) is 5.11. The molecule has 1 aliphatic rings. The van der Waals surface area contributed by atoms with Gasteiger partial charge < -0.3 is 4.90 Å². The van der Waals surface area contributed by atoms with Gasteiger partial charge in [-0.15, -0.1) is 0 Å². The van der Waals surface area contributed by atoms with Crippen LogP contribution in [0.2, 0.25) is 0 Å². The van der Waals surface area contributed by atoms with E-state index in [9.17, 15) is 0 Å². The van der Waals surface area contributed by atoms with Crippen LogP contribution in [0.5, 0.6) is 0 Å². The lowest BCUT2D eigenvalue weighted by Gasteiger charge is -2.38. The van der Waals surface area contributed by atoms with E-state index in [1.807, 2.05) is 5.01 Å². The molecule has 0 radical (unpaired) electrons. The zero-order valence-corrected chi connectivity index (χ0v) is 7.75. The first-order valence-corrected chi connectivity index (χ1v) is 4.27. The van der Waals surface area contributed by atoms with Crippen LogP contribution in [0, 0.1) is 5.92 Å². The Morgan fingerprint density at radius 1 is 1.45 bits per heavy atom. The van der Waals surface area contributed by atoms with Crippen molar-refractivity contribution in [3.05, 3.63) is 0 Å². The van der Waals surface area contributed by atoms with Crippen LogP contribution in [0.15, 0.2) is 0 Å². The van der Waals surface area contributed by atoms with Crippen molar-refractivity contribution in [2.24, 2.45) is 11.8 Å². The Bertz CT molecular complexity index is 125. The zero-order valence-electron chi connectivity index (χ0n) is 7.75. The SMILES string of the molecule is CC1CN(N)CCC1N(C)C. The van der Waals surface area contributed by atoms with Gasteiger partial charge in [0.2, 0.25) is 0 Å². The minimum absolute atomic E-state index is 0.698. The van der Waals surface area contributed by atoms with E-state index in [0.717, 1.165) is 19.1 Å². The van der Waals surface area contributed by atoms with Crippen molar-refractivity contribution >= 4 is 0 Å². The molecule has 0 aromatic carbocycles. The number of hydrazine groups is 1. The van der Waals surface area contributed by atoms with Crippen molar-refractivity contribution in [1.82, 2.24) is 9.91 Å². The molecule has 1 fully saturated rings. The fourth-order valence-electron chi connectivity index (χ4n) is 1.93. The molecule has 0 aromatic rings. The van der Waals surface area contributed by atoms with Gasteiger partial charge in [0.05, 0.1) is 0 Å². The molecule has 3 nitrogen and oxygen atoms in total. The minimum Gasteiger partial charge on any atom is -0.306 e. The molecule has 0 aliphatic carbocycles. The molecular weight excluding hydrogens is 138 g/mol. The van der Waals surface area contributed by atoms with E-state index in [1.165, 1.54) is 6.42 Å². The summed E-state index contributed by atoms with van der Waals surface area (Å²) in [6.07, 6.45) is 1.20. The Morgan fingerprint density at radius 2 is 2.09 bits per heavy atom. The summed E-state index contributed by atoms with van der Waals surface area (Å²) < 4.78 is 0. The highest BCUT2D eigenvalue weighted by atomic mass is 15.4. The maximum absolute atomic E-state index is 5.70. The van der Waals surface area contributed by atoms with Crippen molar-refractivity contribution < 1.29 is 0 Å². The van der Waals surface area contributed by atoms with Gasteiger partial charge in [0.25, 0.3) is 0 Å². The molecule has 0 saturated carbocycles. The summed E-state index contributed by atoms with van der Waals surface area (Å²) in [5, 5.41) is 1.92. The molecule has 11 heavy (non-hydrogen) atoms. The number of hydrogen-bond acceptors (Lipinski definition) is 3. The van der Waals surface area contributed by atoms with E-state index in [1.54, 1.807) is 0 Å². The van der Waals surface area contributed by atoms with E-state index < -0.39 is 0 Å². The maximum atomic E-state index is 5.70. The van der Waals surface area contributed by atoms with Crippen molar-refractivity contribution in [1.29, 1.82) is 0 Å². The molecule has 0 aromatic heterocycles. The molecule has 1 saturated heterocycles. The summed E-state index contributed by atoms with van der Waals surface area (Å²) in [5.41, 5.74) is 0. The van der Waals surface area contributed by atoms with Crippen LogP contribution in [0.3, 0.4) is 0 Å². The quantitative estimate of drug-likeness (QED) is 0.549. The third kappa shape index (κ3) is 2.15. The number of nitrogens with two attached hydrogens (primary N) is 1. The zero-order chi connectivity index (χ0) is 8.43. The van der Waals surface area contributed by atoms with Crippen molar-refractivity contribution in [3.8, 4) is 0 Å². The summed E-state index contributed by atoms with van der Waals surface area (Å²) in [4.78, 5) is 2.30. The van der Waals surface area contributed by atoms with E-state index in [-0.39, 0.29) is 0 Å². The van der Waals surface area contributed by atoms with E-state index >= 15 is 0 Å². The summed E-state index contributed by atoms with van der Waals surface area (Å²) in [7, 11) is 4.29. The number of hydrogen-bond donors (Lipinski definition) is 1. The van der Waals surface area contributed by atoms with E-state index in [0.29, 0.717) is 5.92 Å². The average Bonchev–Trinajstić information content (AvgIpc) is 1.85. The summed E-state index contributed by atoms with van der Waals surface area (Å²) in [6, 6.07) is 0.717. The van der Waals surface area contributed by atoms with Gasteiger partial charge in [-0.05, 0) is 26.4 Å². The molecular formula is C8H19N3. The largest absolute Gasteiger partial charge is 0.306 e. The Hall–Kier alpha value is -0.120.